The Kier molecular flexibility index (Phi) is 7.85. The molecule has 0 spiro atoms. The Hall–Kier alpha value is -2.41. The molecule has 3 aromatic rings. The van der Waals surface area contributed by atoms with Crippen molar-refractivity contribution in [3.05, 3.63) is 70.2 Å². The van der Waals surface area contributed by atoms with Gasteiger partial charge in [0.2, 0.25) is 5.91 Å². The number of rotatable bonds is 9. The number of nitrogens with zero attached hydrogens (tertiary/aromatic N) is 2. The van der Waals surface area contributed by atoms with Gasteiger partial charge in [-0.05, 0) is 56.9 Å². The van der Waals surface area contributed by atoms with Gasteiger partial charge in [0, 0.05) is 22.5 Å². The lowest BCUT2D eigenvalue weighted by Crippen LogP contribution is -2.35. The van der Waals surface area contributed by atoms with E-state index in [2.05, 4.69) is 10.3 Å². The van der Waals surface area contributed by atoms with E-state index in [1.54, 1.807) is 0 Å². The predicted octanol–water partition coefficient (Wildman–Crippen LogP) is 4.82. The summed E-state index contributed by atoms with van der Waals surface area (Å²) in [6.07, 6.45) is 0.246. The van der Waals surface area contributed by atoms with Crippen LogP contribution in [0.1, 0.15) is 24.2 Å². The molecule has 1 aromatic heterocycles. The largest absolute Gasteiger partial charge is 0.494 e. The van der Waals surface area contributed by atoms with Crippen molar-refractivity contribution in [1.29, 1.82) is 0 Å². The second-order valence-electron chi connectivity index (χ2n) is 7.08. The highest BCUT2D eigenvalue weighted by atomic mass is 35.5. The molecular weight excluding hydrogens is 418 g/mol. The molecule has 2 aromatic carbocycles. The SMILES string of the molecule is CCOc1ccc(-c2nc(CC(=O)NCC(c3ccccc3Cl)N(C)C)cs2)cc1. The molecule has 1 amide bonds. The van der Waals surface area contributed by atoms with Crippen molar-refractivity contribution in [2.45, 2.75) is 19.4 Å². The molecule has 0 radical (unpaired) electrons. The van der Waals surface area contributed by atoms with Crippen molar-refractivity contribution < 1.29 is 9.53 Å². The first-order valence-electron chi connectivity index (χ1n) is 9.83. The summed E-state index contributed by atoms with van der Waals surface area (Å²) in [6, 6.07) is 15.6. The zero-order valence-electron chi connectivity index (χ0n) is 17.4. The van der Waals surface area contributed by atoms with Crippen LogP contribution in [0.2, 0.25) is 5.02 Å². The van der Waals surface area contributed by atoms with Crippen LogP contribution in [0.4, 0.5) is 0 Å². The standard InChI is InChI=1S/C23H26ClN3O2S/c1-4-29-18-11-9-16(10-12-18)23-26-17(15-30-23)13-22(28)25-14-21(27(2)3)19-7-5-6-8-20(19)24/h5-12,15,21H,4,13-14H2,1-3H3,(H,25,28). The van der Waals surface area contributed by atoms with Gasteiger partial charge in [0.05, 0.1) is 24.8 Å². The minimum Gasteiger partial charge on any atom is -0.494 e. The fraction of sp³-hybridized carbons (Fsp3) is 0.304. The Morgan fingerprint density at radius 3 is 2.60 bits per heavy atom. The number of carbonyl (C=O) groups excluding carboxylic acids is 1. The van der Waals surface area contributed by atoms with Crippen molar-refractivity contribution in [2.75, 3.05) is 27.2 Å². The molecule has 1 N–H and O–H groups in total. The van der Waals surface area contributed by atoms with E-state index in [-0.39, 0.29) is 18.4 Å². The average Bonchev–Trinajstić information content (AvgIpc) is 3.18. The zero-order chi connectivity index (χ0) is 21.5. The van der Waals surface area contributed by atoms with Crippen LogP contribution >= 0.6 is 22.9 Å². The fourth-order valence-corrected chi connectivity index (χ4v) is 4.22. The Morgan fingerprint density at radius 1 is 1.20 bits per heavy atom. The summed E-state index contributed by atoms with van der Waals surface area (Å²) < 4.78 is 5.48. The molecule has 5 nitrogen and oxygen atoms in total. The van der Waals surface area contributed by atoms with Crippen LogP contribution in [-0.4, -0.2) is 43.0 Å². The second-order valence-corrected chi connectivity index (χ2v) is 8.35. The van der Waals surface area contributed by atoms with Gasteiger partial charge in [0.25, 0.3) is 0 Å². The van der Waals surface area contributed by atoms with Gasteiger partial charge in [0.15, 0.2) is 0 Å². The molecule has 0 saturated carbocycles. The molecule has 3 rings (SSSR count). The minimum absolute atomic E-state index is 0.00232. The molecule has 7 heteroatoms. The Labute approximate surface area is 186 Å². The zero-order valence-corrected chi connectivity index (χ0v) is 19.0. The summed E-state index contributed by atoms with van der Waals surface area (Å²) in [6.45, 7) is 3.08. The van der Waals surface area contributed by atoms with Crippen LogP contribution in [0.3, 0.4) is 0 Å². The third-order valence-electron chi connectivity index (χ3n) is 4.69. The van der Waals surface area contributed by atoms with E-state index >= 15 is 0 Å². The third kappa shape index (κ3) is 5.81. The number of benzene rings is 2. The maximum Gasteiger partial charge on any atom is 0.226 e. The molecule has 158 valence electrons. The Balaban J connectivity index is 1.59. The molecule has 1 unspecified atom stereocenters. The molecule has 0 aliphatic rings. The van der Waals surface area contributed by atoms with E-state index in [0.717, 1.165) is 27.6 Å². The summed E-state index contributed by atoms with van der Waals surface area (Å²) >= 11 is 7.87. The number of halogens is 1. The van der Waals surface area contributed by atoms with Crippen LogP contribution in [0.5, 0.6) is 5.75 Å². The maximum absolute atomic E-state index is 12.5. The van der Waals surface area contributed by atoms with Crippen molar-refractivity contribution in [1.82, 2.24) is 15.2 Å². The molecular formula is C23H26ClN3O2S. The van der Waals surface area contributed by atoms with E-state index < -0.39 is 0 Å². The Morgan fingerprint density at radius 2 is 1.93 bits per heavy atom. The molecule has 0 aliphatic carbocycles. The average molecular weight is 444 g/mol. The quantitative estimate of drug-likeness (QED) is 0.515. The number of hydrogen-bond acceptors (Lipinski definition) is 5. The first-order chi connectivity index (χ1) is 14.5. The van der Waals surface area contributed by atoms with Crippen LogP contribution in [-0.2, 0) is 11.2 Å². The van der Waals surface area contributed by atoms with E-state index in [9.17, 15) is 4.79 Å². The summed E-state index contributed by atoms with van der Waals surface area (Å²) in [5.74, 6) is 0.781. The van der Waals surface area contributed by atoms with Gasteiger partial charge in [-0.25, -0.2) is 4.98 Å². The number of thiazole rings is 1. The molecule has 0 fully saturated rings. The molecule has 0 bridgehead atoms. The first-order valence-corrected chi connectivity index (χ1v) is 11.1. The highest BCUT2D eigenvalue weighted by Gasteiger charge is 2.18. The number of carbonyl (C=O) groups is 1. The fourth-order valence-electron chi connectivity index (χ4n) is 3.13. The molecule has 0 saturated heterocycles. The van der Waals surface area contributed by atoms with Crippen molar-refractivity contribution in [2.24, 2.45) is 0 Å². The number of ether oxygens (including phenoxy) is 1. The smallest absolute Gasteiger partial charge is 0.226 e. The van der Waals surface area contributed by atoms with Crippen molar-refractivity contribution in [3.63, 3.8) is 0 Å². The lowest BCUT2D eigenvalue weighted by molar-refractivity contribution is -0.120. The maximum atomic E-state index is 12.5. The van der Waals surface area contributed by atoms with E-state index in [4.69, 9.17) is 16.3 Å². The van der Waals surface area contributed by atoms with E-state index in [1.165, 1.54) is 11.3 Å². The van der Waals surface area contributed by atoms with Crippen LogP contribution in [0, 0.1) is 0 Å². The van der Waals surface area contributed by atoms with Crippen LogP contribution < -0.4 is 10.1 Å². The van der Waals surface area contributed by atoms with Gasteiger partial charge in [0.1, 0.15) is 10.8 Å². The predicted molar refractivity (Wildman–Crippen MR) is 123 cm³/mol. The number of likely N-dealkylation sites (N-methyl/N-ethyl adjacent to an activating group) is 1. The minimum atomic E-state index is -0.0579. The first kappa shape index (κ1) is 22.3. The van der Waals surface area contributed by atoms with Crippen LogP contribution in [0.25, 0.3) is 10.6 Å². The normalized spacial score (nSPS) is 12.0. The highest BCUT2D eigenvalue weighted by Crippen LogP contribution is 2.27. The van der Waals surface area contributed by atoms with Gasteiger partial charge in [-0.1, -0.05) is 29.8 Å². The summed E-state index contributed by atoms with van der Waals surface area (Å²) in [5, 5.41) is 6.54. The topological polar surface area (TPSA) is 54.5 Å². The van der Waals surface area contributed by atoms with Gasteiger partial charge < -0.3 is 15.0 Å². The molecule has 0 aliphatic heterocycles. The summed E-state index contributed by atoms with van der Waals surface area (Å²) in [5.41, 5.74) is 2.78. The van der Waals surface area contributed by atoms with Crippen molar-refractivity contribution in [3.8, 4) is 16.3 Å². The Bertz CT molecular complexity index is 973. The van der Waals surface area contributed by atoms with Crippen LogP contribution in [0.15, 0.2) is 53.9 Å². The lowest BCUT2D eigenvalue weighted by Gasteiger charge is -2.26. The van der Waals surface area contributed by atoms with E-state index in [0.29, 0.717) is 18.2 Å². The molecule has 1 atom stereocenters. The number of nitrogens with one attached hydrogen (secondary N) is 1. The number of amides is 1. The van der Waals surface area contributed by atoms with Gasteiger partial charge in [-0.15, -0.1) is 11.3 Å². The number of hydrogen-bond donors (Lipinski definition) is 1. The molecule has 1 heterocycles. The monoisotopic (exact) mass is 443 g/mol. The van der Waals surface area contributed by atoms with Crippen molar-refractivity contribution >= 4 is 28.8 Å². The van der Waals surface area contributed by atoms with Gasteiger partial charge in [-0.2, -0.15) is 0 Å². The second kappa shape index (κ2) is 10.6. The molecule has 30 heavy (non-hydrogen) atoms. The van der Waals surface area contributed by atoms with Gasteiger partial charge in [-0.3, -0.25) is 4.79 Å². The highest BCUT2D eigenvalue weighted by molar-refractivity contribution is 7.13. The number of aromatic nitrogens is 1. The summed E-state index contributed by atoms with van der Waals surface area (Å²) in [4.78, 5) is 19.2. The van der Waals surface area contributed by atoms with Gasteiger partial charge >= 0.3 is 0 Å². The van der Waals surface area contributed by atoms with E-state index in [1.807, 2.05) is 79.8 Å². The third-order valence-corrected chi connectivity index (χ3v) is 5.97. The summed E-state index contributed by atoms with van der Waals surface area (Å²) in [7, 11) is 3.95. The lowest BCUT2D eigenvalue weighted by atomic mass is 10.1.